The number of halogens is 4. The minimum absolute atomic E-state index is 0.0270. The molecule has 0 atom stereocenters. The first-order valence-electron chi connectivity index (χ1n) is 5.67. The molecule has 0 amide bonds. The molecule has 0 spiro atoms. The van der Waals surface area contributed by atoms with E-state index < -0.39 is 17.7 Å². The number of ether oxygens (including phenoxy) is 1. The van der Waals surface area contributed by atoms with Gasteiger partial charge >= 0.3 is 12.1 Å². The average Bonchev–Trinajstić information content (AvgIpc) is 2.78. The lowest BCUT2D eigenvalue weighted by molar-refractivity contribution is -0.137. The van der Waals surface area contributed by atoms with Crippen molar-refractivity contribution in [3.05, 3.63) is 40.1 Å². The van der Waals surface area contributed by atoms with E-state index in [1.807, 2.05) is 0 Å². The van der Waals surface area contributed by atoms with E-state index in [4.69, 9.17) is 16.1 Å². The predicted octanol–water partition coefficient (Wildman–Crippen LogP) is 4.11. The summed E-state index contributed by atoms with van der Waals surface area (Å²) in [5.74, 6) is -0.521. The Hall–Kier alpha value is -2.02. The van der Waals surface area contributed by atoms with Gasteiger partial charge in [0.05, 0.1) is 17.7 Å². The normalized spacial score (nSPS) is 11.5. The van der Waals surface area contributed by atoms with E-state index in [2.05, 4.69) is 9.89 Å². The van der Waals surface area contributed by atoms with Crippen LogP contribution in [0, 0.1) is 6.92 Å². The first-order valence-corrected chi connectivity index (χ1v) is 6.05. The van der Waals surface area contributed by atoms with Gasteiger partial charge in [0.1, 0.15) is 17.0 Å². The highest BCUT2D eigenvalue weighted by molar-refractivity contribution is 6.33. The number of methoxy groups -OCH3 is 1. The van der Waals surface area contributed by atoms with Crippen LogP contribution in [0.15, 0.2) is 22.7 Å². The monoisotopic (exact) mass is 319 g/mol. The summed E-state index contributed by atoms with van der Waals surface area (Å²) < 4.78 is 47.3. The lowest BCUT2D eigenvalue weighted by Gasteiger charge is -2.09. The van der Waals surface area contributed by atoms with Crippen LogP contribution < -0.4 is 0 Å². The van der Waals surface area contributed by atoms with E-state index in [-0.39, 0.29) is 27.6 Å². The molecule has 0 unspecified atom stereocenters. The van der Waals surface area contributed by atoms with Gasteiger partial charge in [0.15, 0.2) is 0 Å². The second kappa shape index (κ2) is 5.40. The molecule has 0 saturated heterocycles. The molecule has 0 aliphatic rings. The van der Waals surface area contributed by atoms with E-state index in [1.165, 1.54) is 14.0 Å². The first-order chi connectivity index (χ1) is 9.75. The first kappa shape index (κ1) is 15.4. The number of benzene rings is 1. The van der Waals surface area contributed by atoms with Crippen LogP contribution in [0.2, 0.25) is 5.02 Å². The zero-order valence-corrected chi connectivity index (χ0v) is 11.7. The fraction of sp³-hybridized carbons (Fsp3) is 0.231. The van der Waals surface area contributed by atoms with Gasteiger partial charge in [0.2, 0.25) is 0 Å². The van der Waals surface area contributed by atoms with Gasteiger partial charge in [0, 0.05) is 5.56 Å². The molecule has 1 aromatic heterocycles. The Morgan fingerprint density at radius 3 is 2.57 bits per heavy atom. The van der Waals surface area contributed by atoms with Crippen molar-refractivity contribution in [1.82, 2.24) is 5.16 Å². The van der Waals surface area contributed by atoms with Gasteiger partial charge in [-0.05, 0) is 19.1 Å². The van der Waals surface area contributed by atoms with Crippen LogP contribution in [-0.4, -0.2) is 18.2 Å². The number of aromatic nitrogens is 1. The highest BCUT2D eigenvalue weighted by Gasteiger charge is 2.32. The number of hydrogen-bond donors (Lipinski definition) is 0. The van der Waals surface area contributed by atoms with Crippen molar-refractivity contribution in [3.63, 3.8) is 0 Å². The van der Waals surface area contributed by atoms with Crippen LogP contribution in [0.25, 0.3) is 11.3 Å². The minimum Gasteiger partial charge on any atom is -0.465 e. The Kier molecular flexibility index (Phi) is 3.95. The zero-order valence-electron chi connectivity index (χ0n) is 10.9. The van der Waals surface area contributed by atoms with E-state index in [0.29, 0.717) is 0 Å². The Labute approximate surface area is 122 Å². The molecule has 0 bridgehead atoms. The SMILES string of the molecule is COC(=O)c1c(-c2ccc(C(F)(F)F)cc2Cl)noc1C. The van der Waals surface area contributed by atoms with Crippen molar-refractivity contribution in [1.29, 1.82) is 0 Å². The second-order valence-corrected chi connectivity index (χ2v) is 4.55. The molecule has 2 rings (SSSR count). The molecule has 0 radical (unpaired) electrons. The third-order valence-corrected chi connectivity index (χ3v) is 3.12. The third-order valence-electron chi connectivity index (χ3n) is 2.80. The molecular formula is C13H9ClF3NO3. The summed E-state index contributed by atoms with van der Waals surface area (Å²) in [6.07, 6.45) is -4.51. The number of nitrogens with zero attached hydrogens (tertiary/aromatic N) is 1. The molecule has 1 heterocycles. The summed E-state index contributed by atoms with van der Waals surface area (Å²) >= 11 is 5.87. The number of carbonyl (C=O) groups excluding carboxylic acids is 1. The van der Waals surface area contributed by atoms with Gasteiger partial charge in [-0.25, -0.2) is 4.79 Å². The Morgan fingerprint density at radius 2 is 2.05 bits per heavy atom. The lowest BCUT2D eigenvalue weighted by atomic mass is 10.0. The van der Waals surface area contributed by atoms with Crippen LogP contribution in [0.3, 0.4) is 0 Å². The van der Waals surface area contributed by atoms with Crippen molar-refractivity contribution >= 4 is 17.6 Å². The van der Waals surface area contributed by atoms with Crippen LogP contribution in [0.1, 0.15) is 21.7 Å². The van der Waals surface area contributed by atoms with Crippen molar-refractivity contribution in [2.75, 3.05) is 7.11 Å². The number of aryl methyl sites for hydroxylation is 1. The van der Waals surface area contributed by atoms with Gasteiger partial charge in [-0.2, -0.15) is 13.2 Å². The Bertz CT molecular complexity index is 694. The zero-order chi connectivity index (χ0) is 15.8. The van der Waals surface area contributed by atoms with Crippen molar-refractivity contribution in [3.8, 4) is 11.3 Å². The van der Waals surface area contributed by atoms with Crippen molar-refractivity contribution in [2.24, 2.45) is 0 Å². The molecule has 1 aromatic carbocycles. The van der Waals surface area contributed by atoms with Crippen LogP contribution in [0.4, 0.5) is 13.2 Å². The maximum absolute atomic E-state index is 12.6. The molecule has 8 heteroatoms. The topological polar surface area (TPSA) is 52.3 Å². The van der Waals surface area contributed by atoms with Gasteiger partial charge in [-0.15, -0.1) is 0 Å². The summed E-state index contributed by atoms with van der Waals surface area (Å²) in [6, 6.07) is 2.75. The largest absolute Gasteiger partial charge is 0.465 e. The maximum atomic E-state index is 12.6. The molecule has 4 nitrogen and oxygen atoms in total. The standard InChI is InChI=1S/C13H9ClF3NO3/c1-6-10(12(19)20-2)11(18-21-6)8-4-3-7(5-9(8)14)13(15,16)17/h3-5H,1-2H3. The molecular weight excluding hydrogens is 311 g/mol. The van der Waals surface area contributed by atoms with Crippen LogP contribution in [-0.2, 0) is 10.9 Å². The Morgan fingerprint density at radius 1 is 1.38 bits per heavy atom. The number of alkyl halides is 3. The molecule has 0 fully saturated rings. The van der Waals surface area contributed by atoms with E-state index in [0.717, 1.165) is 18.2 Å². The summed E-state index contributed by atoms with van der Waals surface area (Å²) in [5, 5.41) is 3.47. The van der Waals surface area contributed by atoms with E-state index in [1.54, 1.807) is 0 Å². The van der Waals surface area contributed by atoms with Crippen LogP contribution >= 0.6 is 11.6 Å². The maximum Gasteiger partial charge on any atom is 0.416 e. The summed E-state index contributed by atoms with van der Waals surface area (Å²) in [4.78, 5) is 11.7. The van der Waals surface area contributed by atoms with E-state index >= 15 is 0 Å². The molecule has 112 valence electrons. The van der Waals surface area contributed by atoms with Crippen molar-refractivity contribution in [2.45, 2.75) is 13.1 Å². The highest BCUT2D eigenvalue weighted by Crippen LogP contribution is 2.36. The van der Waals surface area contributed by atoms with Crippen LogP contribution in [0.5, 0.6) is 0 Å². The smallest absolute Gasteiger partial charge is 0.416 e. The lowest BCUT2D eigenvalue weighted by Crippen LogP contribution is -2.06. The quantitative estimate of drug-likeness (QED) is 0.782. The van der Waals surface area contributed by atoms with Crippen molar-refractivity contribution < 1.29 is 27.2 Å². The van der Waals surface area contributed by atoms with Gasteiger partial charge in [0.25, 0.3) is 0 Å². The molecule has 0 N–H and O–H groups in total. The summed E-state index contributed by atoms with van der Waals surface area (Å²) in [6.45, 7) is 1.49. The molecule has 0 saturated carbocycles. The number of rotatable bonds is 2. The third kappa shape index (κ3) is 2.87. The average molecular weight is 320 g/mol. The van der Waals surface area contributed by atoms with E-state index in [9.17, 15) is 18.0 Å². The van der Waals surface area contributed by atoms with Gasteiger partial charge in [-0.1, -0.05) is 22.8 Å². The molecule has 0 aliphatic heterocycles. The molecule has 21 heavy (non-hydrogen) atoms. The number of hydrogen-bond acceptors (Lipinski definition) is 4. The predicted molar refractivity (Wildman–Crippen MR) is 68.0 cm³/mol. The Balaban J connectivity index is 2.56. The second-order valence-electron chi connectivity index (χ2n) is 4.15. The number of carbonyl (C=O) groups is 1. The summed E-state index contributed by atoms with van der Waals surface area (Å²) in [5.41, 5.74) is -0.671. The minimum atomic E-state index is -4.51. The van der Waals surface area contributed by atoms with Gasteiger partial charge < -0.3 is 9.26 Å². The number of esters is 1. The fourth-order valence-electron chi connectivity index (χ4n) is 1.78. The fourth-order valence-corrected chi connectivity index (χ4v) is 2.05. The van der Waals surface area contributed by atoms with Gasteiger partial charge in [-0.3, -0.25) is 0 Å². The highest BCUT2D eigenvalue weighted by atomic mass is 35.5. The molecule has 0 aliphatic carbocycles. The molecule has 2 aromatic rings. The summed E-state index contributed by atoms with van der Waals surface area (Å²) in [7, 11) is 1.17.